The van der Waals surface area contributed by atoms with Crippen molar-refractivity contribution in [1.82, 2.24) is 19.7 Å². The van der Waals surface area contributed by atoms with E-state index < -0.39 is 13.9 Å². The molecule has 1 aliphatic rings. The summed E-state index contributed by atoms with van der Waals surface area (Å²) in [7, 11) is -0.308. The minimum atomic E-state index is -2.01. The van der Waals surface area contributed by atoms with Crippen LogP contribution in [0.2, 0.25) is 18.1 Å². The lowest BCUT2D eigenvalue weighted by Crippen LogP contribution is -2.45. The van der Waals surface area contributed by atoms with Gasteiger partial charge in [-0.3, -0.25) is 0 Å². The zero-order valence-electron chi connectivity index (χ0n) is 23.5. The minimum absolute atomic E-state index is 0.0879. The van der Waals surface area contributed by atoms with Crippen LogP contribution < -0.4 is 4.90 Å². The number of morpholine rings is 1. The number of anilines is 1. The predicted octanol–water partition coefficient (Wildman–Crippen LogP) is 5.36. The first-order valence-electron chi connectivity index (χ1n) is 13.0. The SMILES string of the molecule is CO[C@](C)(CO[Si](C)(C)C(C)(C)C)c1nc(N2CCOCC2)cc(-n2ccc(-c3cccc(C)c3)n2)n1. The first kappa shape index (κ1) is 27.4. The molecule has 3 heterocycles. The third-order valence-corrected chi connectivity index (χ3v) is 12.1. The van der Waals surface area contributed by atoms with Crippen LogP contribution in [0.3, 0.4) is 0 Å². The summed E-state index contributed by atoms with van der Waals surface area (Å²) >= 11 is 0. The van der Waals surface area contributed by atoms with Crippen molar-refractivity contribution in [2.24, 2.45) is 0 Å². The fourth-order valence-electron chi connectivity index (χ4n) is 3.89. The van der Waals surface area contributed by atoms with Crippen molar-refractivity contribution in [3.8, 4) is 17.1 Å². The Bertz CT molecular complexity index is 1220. The Balaban J connectivity index is 1.73. The molecule has 2 aromatic heterocycles. The van der Waals surface area contributed by atoms with E-state index in [4.69, 9.17) is 29.0 Å². The number of rotatable bonds is 8. The highest BCUT2D eigenvalue weighted by Crippen LogP contribution is 2.38. The number of aromatic nitrogens is 4. The summed E-state index contributed by atoms with van der Waals surface area (Å²) in [5, 5.41) is 4.95. The maximum absolute atomic E-state index is 6.59. The van der Waals surface area contributed by atoms with Gasteiger partial charge in [-0.1, -0.05) is 44.5 Å². The van der Waals surface area contributed by atoms with Gasteiger partial charge in [0.05, 0.1) is 25.5 Å². The van der Waals surface area contributed by atoms with E-state index in [9.17, 15) is 0 Å². The fraction of sp³-hybridized carbons (Fsp3) is 0.536. The molecule has 1 atom stereocenters. The number of methoxy groups -OCH3 is 1. The van der Waals surface area contributed by atoms with Crippen LogP contribution in [0.25, 0.3) is 17.1 Å². The molecule has 0 spiro atoms. The average molecular weight is 524 g/mol. The smallest absolute Gasteiger partial charge is 0.192 e. The summed E-state index contributed by atoms with van der Waals surface area (Å²) in [4.78, 5) is 12.2. The maximum Gasteiger partial charge on any atom is 0.192 e. The Kier molecular flexibility index (Phi) is 7.90. The molecule has 0 saturated carbocycles. The monoisotopic (exact) mass is 523 g/mol. The average Bonchev–Trinajstić information content (AvgIpc) is 3.37. The summed E-state index contributed by atoms with van der Waals surface area (Å²) in [5.41, 5.74) is 2.35. The summed E-state index contributed by atoms with van der Waals surface area (Å²) in [6, 6.07) is 12.4. The molecule has 9 heteroatoms. The van der Waals surface area contributed by atoms with E-state index in [1.807, 2.05) is 29.9 Å². The van der Waals surface area contributed by atoms with E-state index in [1.54, 1.807) is 7.11 Å². The second-order valence-electron chi connectivity index (χ2n) is 11.5. The summed E-state index contributed by atoms with van der Waals surface area (Å²) in [6.07, 6.45) is 1.95. The fourth-order valence-corrected chi connectivity index (χ4v) is 4.96. The van der Waals surface area contributed by atoms with E-state index in [-0.39, 0.29) is 5.04 Å². The lowest BCUT2D eigenvalue weighted by atomic mass is 10.1. The molecule has 0 unspecified atom stereocenters. The Labute approximate surface area is 222 Å². The second-order valence-corrected chi connectivity index (χ2v) is 16.3. The summed E-state index contributed by atoms with van der Waals surface area (Å²) < 4.78 is 20.0. The van der Waals surface area contributed by atoms with Crippen LogP contribution in [-0.4, -0.2) is 68.1 Å². The van der Waals surface area contributed by atoms with E-state index >= 15 is 0 Å². The molecule has 8 nitrogen and oxygen atoms in total. The van der Waals surface area contributed by atoms with Gasteiger partial charge in [0.2, 0.25) is 0 Å². The Morgan fingerprint density at radius 2 is 1.70 bits per heavy atom. The maximum atomic E-state index is 6.59. The van der Waals surface area contributed by atoms with Crippen molar-refractivity contribution in [2.45, 2.75) is 58.4 Å². The van der Waals surface area contributed by atoms with Crippen LogP contribution in [0.1, 0.15) is 39.1 Å². The first-order valence-corrected chi connectivity index (χ1v) is 15.9. The van der Waals surface area contributed by atoms with Gasteiger partial charge in [-0.2, -0.15) is 5.10 Å². The Hall–Kier alpha value is -2.59. The molecule has 3 aromatic rings. The molecule has 1 aromatic carbocycles. The van der Waals surface area contributed by atoms with Gasteiger partial charge in [-0.25, -0.2) is 14.6 Å². The molecule has 37 heavy (non-hydrogen) atoms. The quantitative estimate of drug-likeness (QED) is 0.368. The largest absolute Gasteiger partial charge is 0.413 e. The summed E-state index contributed by atoms with van der Waals surface area (Å²) in [5.74, 6) is 2.12. The number of ether oxygens (including phenoxy) is 2. The molecule has 0 amide bonds. The molecule has 1 aliphatic heterocycles. The zero-order chi connectivity index (χ0) is 26.8. The van der Waals surface area contributed by atoms with Crippen LogP contribution >= 0.6 is 0 Å². The number of aryl methyl sites for hydroxylation is 1. The number of benzene rings is 1. The van der Waals surface area contributed by atoms with Gasteiger partial charge in [-0.05, 0) is 44.1 Å². The van der Waals surface area contributed by atoms with Crippen molar-refractivity contribution < 1.29 is 13.9 Å². The molecule has 200 valence electrons. The third kappa shape index (κ3) is 6.12. The van der Waals surface area contributed by atoms with Crippen molar-refractivity contribution in [3.05, 3.63) is 54.0 Å². The molecule has 4 rings (SSSR count). The molecule has 0 N–H and O–H groups in total. The molecule has 1 saturated heterocycles. The van der Waals surface area contributed by atoms with E-state index in [0.717, 1.165) is 30.2 Å². The van der Waals surface area contributed by atoms with Crippen LogP contribution in [0, 0.1) is 6.92 Å². The van der Waals surface area contributed by atoms with Crippen molar-refractivity contribution in [1.29, 1.82) is 0 Å². The topological polar surface area (TPSA) is 74.5 Å². The number of nitrogens with zero attached hydrogens (tertiary/aromatic N) is 5. The van der Waals surface area contributed by atoms with Gasteiger partial charge in [-0.15, -0.1) is 0 Å². The number of hydrogen-bond donors (Lipinski definition) is 0. The highest BCUT2D eigenvalue weighted by Gasteiger charge is 2.41. The lowest BCUT2D eigenvalue weighted by molar-refractivity contribution is -0.0446. The van der Waals surface area contributed by atoms with Crippen molar-refractivity contribution in [2.75, 3.05) is 44.9 Å². The number of hydrogen-bond acceptors (Lipinski definition) is 7. The Morgan fingerprint density at radius 3 is 2.35 bits per heavy atom. The van der Waals surface area contributed by atoms with Gasteiger partial charge in [0.15, 0.2) is 20.0 Å². The highest BCUT2D eigenvalue weighted by atomic mass is 28.4. The van der Waals surface area contributed by atoms with Crippen molar-refractivity contribution >= 4 is 14.1 Å². The van der Waals surface area contributed by atoms with Gasteiger partial charge in [0, 0.05) is 38.0 Å². The molecule has 0 radical (unpaired) electrons. The predicted molar refractivity (Wildman–Crippen MR) is 150 cm³/mol. The van der Waals surface area contributed by atoms with Gasteiger partial charge >= 0.3 is 0 Å². The van der Waals surface area contributed by atoms with Gasteiger partial charge in [0.1, 0.15) is 11.4 Å². The lowest BCUT2D eigenvalue weighted by Gasteiger charge is -2.39. The molecule has 0 bridgehead atoms. The normalized spacial score (nSPS) is 16.6. The van der Waals surface area contributed by atoms with Gasteiger partial charge < -0.3 is 18.8 Å². The van der Waals surface area contributed by atoms with Crippen LogP contribution in [0.5, 0.6) is 0 Å². The third-order valence-electron chi connectivity index (χ3n) is 7.61. The second kappa shape index (κ2) is 10.6. The van der Waals surface area contributed by atoms with E-state index in [0.29, 0.717) is 31.5 Å². The summed E-state index contributed by atoms with van der Waals surface area (Å²) in [6.45, 7) is 18.6. The van der Waals surface area contributed by atoms with E-state index in [1.165, 1.54) is 5.56 Å². The highest BCUT2D eigenvalue weighted by molar-refractivity contribution is 6.74. The molecule has 0 aliphatic carbocycles. The van der Waals surface area contributed by atoms with Crippen molar-refractivity contribution in [3.63, 3.8) is 0 Å². The van der Waals surface area contributed by atoms with Crippen LogP contribution in [0.15, 0.2) is 42.6 Å². The molecule has 1 fully saturated rings. The molecular formula is C28H41N5O3Si. The minimum Gasteiger partial charge on any atom is -0.413 e. The first-order chi connectivity index (χ1) is 17.4. The van der Waals surface area contributed by atoms with Crippen LogP contribution in [-0.2, 0) is 19.5 Å². The molecular weight excluding hydrogens is 482 g/mol. The standard InChI is InChI=1S/C28H41N5O3Si/c1-21-10-9-11-22(18-21)23-12-13-33(31-23)25-19-24(32-14-16-35-17-15-32)29-26(30-25)28(5,34-6)20-36-37(7,8)27(2,3)4/h9-13,18-19H,14-17,20H2,1-8H3/t28-/m1/s1. The van der Waals surface area contributed by atoms with Gasteiger partial charge in [0.25, 0.3) is 0 Å². The van der Waals surface area contributed by atoms with E-state index in [2.05, 4.69) is 70.0 Å². The van der Waals surface area contributed by atoms with Crippen LogP contribution in [0.4, 0.5) is 5.82 Å². The Morgan fingerprint density at radius 1 is 1.00 bits per heavy atom. The zero-order valence-corrected chi connectivity index (χ0v) is 24.5.